The maximum absolute atomic E-state index is 12.2. The van der Waals surface area contributed by atoms with Crippen molar-refractivity contribution in [1.82, 2.24) is 5.43 Å². The van der Waals surface area contributed by atoms with Gasteiger partial charge < -0.3 is 0 Å². The fourth-order valence-corrected chi connectivity index (χ4v) is 3.90. The Morgan fingerprint density at radius 3 is 2.80 bits per heavy atom. The summed E-state index contributed by atoms with van der Waals surface area (Å²) in [5.41, 5.74) is 3.93. The van der Waals surface area contributed by atoms with Gasteiger partial charge in [0, 0.05) is 10.4 Å². The van der Waals surface area contributed by atoms with E-state index >= 15 is 0 Å². The zero-order valence-corrected chi connectivity index (χ0v) is 13.2. The van der Waals surface area contributed by atoms with Crippen LogP contribution in [0.2, 0.25) is 0 Å². The molecule has 0 saturated heterocycles. The average Bonchev–Trinajstić information content (AvgIpc) is 3.06. The predicted molar refractivity (Wildman–Crippen MR) is 83.4 cm³/mol. The Labute approximate surface area is 128 Å². The number of fused-ring (bicyclic) bond motifs is 1. The summed E-state index contributed by atoms with van der Waals surface area (Å²) in [5.74, 6) is 0.846. The molecule has 0 radical (unpaired) electrons. The second-order valence-electron chi connectivity index (χ2n) is 6.12. The highest BCUT2D eigenvalue weighted by Gasteiger charge is 2.64. The molecule has 0 bridgehead atoms. The van der Waals surface area contributed by atoms with E-state index in [0.717, 1.165) is 10.0 Å². The minimum atomic E-state index is 0.0905. The first-order valence-electron chi connectivity index (χ1n) is 7.20. The Kier molecular flexibility index (Phi) is 3.67. The van der Waals surface area contributed by atoms with E-state index in [-0.39, 0.29) is 17.2 Å². The molecule has 2 saturated carbocycles. The van der Waals surface area contributed by atoms with Crippen molar-refractivity contribution in [3.05, 3.63) is 34.3 Å². The number of hydrogen-bond donors (Lipinski definition) is 1. The maximum Gasteiger partial charge on any atom is 0.244 e. The summed E-state index contributed by atoms with van der Waals surface area (Å²) in [5, 5.41) is 4.08. The van der Waals surface area contributed by atoms with E-state index in [1.165, 1.54) is 25.7 Å². The second-order valence-corrected chi connectivity index (χ2v) is 7.04. The monoisotopic (exact) mass is 334 g/mol. The van der Waals surface area contributed by atoms with Crippen molar-refractivity contribution in [3.8, 4) is 0 Å². The van der Waals surface area contributed by atoms with Gasteiger partial charge >= 0.3 is 0 Å². The standard InChI is InChI=1S/C16H19BrN2O/c1-16-9-3-2-4-13(16)14(16)15(20)19-18-10-11-5-7-12(17)8-6-11/h5-8,10,13-14H,2-4,9H2,1H3,(H,19,20)/t13-,14-,16-/m1/s1. The highest BCUT2D eigenvalue weighted by Crippen LogP contribution is 2.66. The Morgan fingerprint density at radius 2 is 2.15 bits per heavy atom. The van der Waals surface area contributed by atoms with Crippen molar-refractivity contribution in [1.29, 1.82) is 0 Å². The maximum atomic E-state index is 12.2. The molecule has 106 valence electrons. The van der Waals surface area contributed by atoms with Gasteiger partial charge in [0.2, 0.25) is 5.91 Å². The van der Waals surface area contributed by atoms with Crippen LogP contribution < -0.4 is 5.43 Å². The molecule has 0 aliphatic heterocycles. The molecule has 1 N–H and O–H groups in total. The molecule has 20 heavy (non-hydrogen) atoms. The number of nitrogens with zero attached hydrogens (tertiary/aromatic N) is 1. The van der Waals surface area contributed by atoms with Crippen LogP contribution in [-0.4, -0.2) is 12.1 Å². The van der Waals surface area contributed by atoms with E-state index in [9.17, 15) is 4.79 Å². The molecule has 1 amide bonds. The Balaban J connectivity index is 1.56. The zero-order valence-electron chi connectivity index (χ0n) is 11.6. The molecular formula is C16H19BrN2O. The van der Waals surface area contributed by atoms with E-state index < -0.39 is 0 Å². The number of hydrazone groups is 1. The first-order valence-corrected chi connectivity index (χ1v) is 7.99. The van der Waals surface area contributed by atoms with Gasteiger partial charge in [0.15, 0.2) is 0 Å². The normalized spacial score (nSPS) is 31.9. The molecule has 0 unspecified atom stereocenters. The minimum absolute atomic E-state index is 0.0905. The SMILES string of the molecule is C[C@@]12CCCC[C@@H]1[C@@H]2C(=O)NN=Cc1ccc(Br)cc1. The number of carbonyl (C=O) groups is 1. The first kappa shape index (κ1) is 13.8. The third-order valence-electron chi connectivity index (χ3n) is 4.87. The average molecular weight is 335 g/mol. The molecule has 3 nitrogen and oxygen atoms in total. The molecule has 2 fully saturated rings. The molecule has 0 heterocycles. The largest absolute Gasteiger partial charge is 0.273 e. The second kappa shape index (κ2) is 5.32. The molecular weight excluding hydrogens is 316 g/mol. The summed E-state index contributed by atoms with van der Waals surface area (Å²) in [6, 6.07) is 7.83. The van der Waals surface area contributed by atoms with Crippen LogP contribution in [0, 0.1) is 17.3 Å². The lowest BCUT2D eigenvalue weighted by molar-refractivity contribution is -0.123. The number of halogens is 1. The van der Waals surface area contributed by atoms with Crippen LogP contribution in [0.25, 0.3) is 0 Å². The molecule has 0 aromatic heterocycles. The highest BCUT2D eigenvalue weighted by molar-refractivity contribution is 9.10. The van der Waals surface area contributed by atoms with Gasteiger partial charge in [-0.05, 0) is 41.9 Å². The number of hydrogen-bond acceptors (Lipinski definition) is 2. The molecule has 1 aromatic carbocycles. The summed E-state index contributed by atoms with van der Waals surface area (Å²) in [4.78, 5) is 12.2. The van der Waals surface area contributed by atoms with Crippen molar-refractivity contribution in [2.24, 2.45) is 22.4 Å². The van der Waals surface area contributed by atoms with Crippen LogP contribution in [0.5, 0.6) is 0 Å². The van der Waals surface area contributed by atoms with Crippen LogP contribution in [0.4, 0.5) is 0 Å². The third-order valence-corrected chi connectivity index (χ3v) is 5.40. The van der Waals surface area contributed by atoms with E-state index in [4.69, 9.17) is 0 Å². The Morgan fingerprint density at radius 1 is 1.40 bits per heavy atom. The van der Waals surface area contributed by atoms with E-state index in [0.29, 0.717) is 5.92 Å². The molecule has 2 aliphatic carbocycles. The van der Waals surface area contributed by atoms with Crippen molar-refractivity contribution >= 4 is 28.1 Å². The van der Waals surface area contributed by atoms with Crippen LogP contribution >= 0.6 is 15.9 Å². The zero-order chi connectivity index (χ0) is 14.2. The van der Waals surface area contributed by atoms with Gasteiger partial charge in [-0.25, -0.2) is 5.43 Å². The predicted octanol–water partition coefficient (Wildman–Crippen LogP) is 3.73. The lowest BCUT2D eigenvalue weighted by Gasteiger charge is -2.15. The quantitative estimate of drug-likeness (QED) is 0.664. The smallest absolute Gasteiger partial charge is 0.244 e. The fourth-order valence-electron chi connectivity index (χ4n) is 3.64. The van der Waals surface area contributed by atoms with Crippen LogP contribution in [-0.2, 0) is 4.79 Å². The van der Waals surface area contributed by atoms with Gasteiger partial charge in [-0.2, -0.15) is 5.10 Å². The lowest BCUT2D eigenvalue weighted by Crippen LogP contribution is -2.22. The van der Waals surface area contributed by atoms with Crippen LogP contribution in [0.1, 0.15) is 38.2 Å². The summed E-state index contributed by atoms with van der Waals surface area (Å²) in [6.45, 7) is 2.25. The summed E-state index contributed by atoms with van der Waals surface area (Å²) >= 11 is 3.39. The van der Waals surface area contributed by atoms with Crippen LogP contribution in [0.15, 0.2) is 33.8 Å². The fraction of sp³-hybridized carbons (Fsp3) is 0.500. The number of rotatable bonds is 3. The van der Waals surface area contributed by atoms with Crippen molar-refractivity contribution in [2.45, 2.75) is 32.6 Å². The van der Waals surface area contributed by atoms with Crippen LogP contribution in [0.3, 0.4) is 0 Å². The molecule has 3 rings (SSSR count). The molecule has 3 atom stereocenters. The van der Waals surface area contributed by atoms with Crippen molar-refractivity contribution < 1.29 is 4.79 Å². The van der Waals surface area contributed by atoms with E-state index in [2.05, 4.69) is 33.4 Å². The minimum Gasteiger partial charge on any atom is -0.273 e. The Bertz CT molecular complexity index is 540. The van der Waals surface area contributed by atoms with Gasteiger partial charge in [0.1, 0.15) is 0 Å². The highest BCUT2D eigenvalue weighted by atomic mass is 79.9. The van der Waals surface area contributed by atoms with Crippen molar-refractivity contribution in [2.75, 3.05) is 0 Å². The molecule has 1 aromatic rings. The number of carbonyl (C=O) groups excluding carboxylic acids is 1. The Hall–Kier alpha value is -1.16. The summed E-state index contributed by atoms with van der Waals surface area (Å²) < 4.78 is 1.04. The van der Waals surface area contributed by atoms with Gasteiger partial charge in [0.05, 0.1) is 6.21 Å². The summed E-state index contributed by atoms with van der Waals surface area (Å²) in [6.07, 6.45) is 6.61. The van der Waals surface area contributed by atoms with Crippen molar-refractivity contribution in [3.63, 3.8) is 0 Å². The molecule has 0 spiro atoms. The third kappa shape index (κ3) is 2.53. The van der Waals surface area contributed by atoms with Gasteiger partial charge in [-0.15, -0.1) is 0 Å². The summed E-state index contributed by atoms with van der Waals surface area (Å²) in [7, 11) is 0. The first-order chi connectivity index (χ1) is 9.61. The lowest BCUT2D eigenvalue weighted by atomic mass is 9.90. The number of amides is 1. The molecule has 2 aliphatic rings. The van der Waals surface area contributed by atoms with E-state index in [1.807, 2.05) is 24.3 Å². The van der Waals surface area contributed by atoms with E-state index in [1.54, 1.807) is 6.21 Å². The number of nitrogens with one attached hydrogen (secondary N) is 1. The molecule has 4 heteroatoms. The van der Waals surface area contributed by atoms with Gasteiger partial charge in [-0.3, -0.25) is 4.79 Å². The van der Waals surface area contributed by atoms with Gasteiger partial charge in [0.25, 0.3) is 0 Å². The topological polar surface area (TPSA) is 41.5 Å². The number of benzene rings is 1. The van der Waals surface area contributed by atoms with Gasteiger partial charge in [-0.1, -0.05) is 47.8 Å².